The van der Waals surface area contributed by atoms with Crippen molar-refractivity contribution in [2.75, 3.05) is 26.4 Å². The third-order valence-electron chi connectivity index (χ3n) is 4.73. The summed E-state index contributed by atoms with van der Waals surface area (Å²) in [6.45, 7) is 1.45. The third kappa shape index (κ3) is 6.41. The summed E-state index contributed by atoms with van der Waals surface area (Å²) in [7, 11) is 0. The Kier molecular flexibility index (Phi) is 8.36. The van der Waals surface area contributed by atoms with Crippen LogP contribution < -0.4 is 0 Å². The number of carbonyl (C=O) groups excluding carboxylic acids is 4. The molecule has 0 fully saturated rings. The van der Waals surface area contributed by atoms with Crippen LogP contribution in [0.2, 0.25) is 0 Å². The van der Waals surface area contributed by atoms with Crippen LogP contribution in [0.3, 0.4) is 0 Å². The van der Waals surface area contributed by atoms with Gasteiger partial charge in [0, 0.05) is 0 Å². The Morgan fingerprint density at radius 2 is 0.750 bits per heavy atom. The topological polar surface area (TPSA) is 105 Å². The van der Waals surface area contributed by atoms with E-state index in [9.17, 15) is 19.2 Å². The van der Waals surface area contributed by atoms with Crippen molar-refractivity contribution in [3.63, 3.8) is 0 Å². The molecule has 2 bridgehead atoms. The van der Waals surface area contributed by atoms with E-state index in [0.717, 1.165) is 0 Å². The molecule has 0 aliphatic carbocycles. The molecule has 0 amide bonds. The second-order valence-corrected chi connectivity index (χ2v) is 7.08. The minimum absolute atomic E-state index is 0.273. The van der Waals surface area contributed by atoms with Crippen LogP contribution >= 0.6 is 0 Å². The maximum absolute atomic E-state index is 11.6. The molecule has 0 atom stereocenters. The number of hydrogen-bond donors (Lipinski definition) is 0. The Bertz CT molecular complexity index is 886. The first-order valence-corrected chi connectivity index (χ1v) is 10.4. The van der Waals surface area contributed by atoms with Gasteiger partial charge in [0.2, 0.25) is 0 Å². The number of ether oxygens (including phenoxy) is 4. The lowest BCUT2D eigenvalue weighted by Gasteiger charge is -2.12. The Balaban J connectivity index is 0.000000181. The fourth-order valence-corrected chi connectivity index (χ4v) is 2.97. The van der Waals surface area contributed by atoms with Crippen LogP contribution in [0.4, 0.5) is 0 Å². The summed E-state index contributed by atoms with van der Waals surface area (Å²) in [6, 6.07) is 12.8. The second-order valence-electron chi connectivity index (χ2n) is 7.08. The van der Waals surface area contributed by atoms with Crippen LogP contribution in [0.25, 0.3) is 0 Å². The molecule has 0 radical (unpaired) electrons. The number of cyclic esters (lactones) is 2. The zero-order valence-electron chi connectivity index (χ0n) is 17.5. The van der Waals surface area contributed by atoms with Gasteiger partial charge in [0.05, 0.1) is 48.7 Å². The predicted octanol–water partition coefficient (Wildman–Crippen LogP) is 3.59. The largest absolute Gasteiger partial charge is 0.462 e. The lowest BCUT2D eigenvalue weighted by atomic mass is 10.1. The van der Waals surface area contributed by atoms with E-state index in [4.69, 9.17) is 18.9 Å². The second kappa shape index (κ2) is 11.6. The number of rotatable bonds is 0. The quantitative estimate of drug-likeness (QED) is 0.452. The van der Waals surface area contributed by atoms with Gasteiger partial charge < -0.3 is 18.9 Å². The molecule has 168 valence electrons. The van der Waals surface area contributed by atoms with Crippen LogP contribution in [0.1, 0.15) is 67.1 Å². The van der Waals surface area contributed by atoms with Crippen LogP contribution in [0.15, 0.2) is 48.5 Å². The SMILES string of the molecule is O=C1OCCCCOC(=O)c2ccc1cc2.O=C1OCCCCOC(=O)c2ccccc21. The summed E-state index contributed by atoms with van der Waals surface area (Å²) in [5.74, 6) is -1.62. The molecule has 8 nitrogen and oxygen atoms in total. The molecule has 0 N–H and O–H groups in total. The standard InChI is InChI=1S/2C12H12O4/c13-11-9-3-5-10(6-4-9)12(14)16-8-2-1-7-15-11;13-11-9-5-1-2-6-10(9)12(14)16-8-4-3-7-15-11/h3-6H,1-2,7-8H2;1-2,5-6H,3-4,7-8H2. The number of carbonyl (C=O) groups is 4. The smallest absolute Gasteiger partial charge is 0.339 e. The van der Waals surface area contributed by atoms with Gasteiger partial charge in [-0.25, -0.2) is 19.2 Å². The molecule has 0 aromatic heterocycles. The summed E-state index contributed by atoms with van der Waals surface area (Å²) in [5, 5.41) is 0. The lowest BCUT2D eigenvalue weighted by molar-refractivity contribution is 0.0394. The van der Waals surface area contributed by atoms with E-state index >= 15 is 0 Å². The number of esters is 4. The first kappa shape index (κ1) is 23.0. The zero-order valence-corrected chi connectivity index (χ0v) is 17.5. The molecule has 2 aromatic rings. The molecule has 0 saturated carbocycles. The van der Waals surface area contributed by atoms with E-state index in [0.29, 0.717) is 63.2 Å². The Hall–Kier alpha value is -3.68. The highest BCUT2D eigenvalue weighted by atomic mass is 16.5. The normalized spacial score (nSPS) is 17.0. The van der Waals surface area contributed by atoms with Gasteiger partial charge in [-0.3, -0.25) is 0 Å². The minimum atomic E-state index is -0.463. The first-order valence-electron chi connectivity index (χ1n) is 10.4. The molecule has 0 saturated heterocycles. The maximum Gasteiger partial charge on any atom is 0.339 e. The van der Waals surface area contributed by atoms with Gasteiger partial charge in [0.1, 0.15) is 0 Å². The van der Waals surface area contributed by atoms with Crippen molar-refractivity contribution in [1.82, 2.24) is 0 Å². The van der Waals surface area contributed by atoms with Crippen LogP contribution in [-0.4, -0.2) is 50.3 Å². The molecule has 0 unspecified atom stereocenters. The van der Waals surface area contributed by atoms with Crippen molar-refractivity contribution in [1.29, 1.82) is 0 Å². The molecule has 0 spiro atoms. The summed E-state index contributed by atoms with van der Waals surface area (Å²) in [4.78, 5) is 46.2. The molecule has 5 rings (SSSR count). The third-order valence-corrected chi connectivity index (χ3v) is 4.73. The van der Waals surface area contributed by atoms with E-state index in [1.54, 1.807) is 48.5 Å². The first-order chi connectivity index (χ1) is 15.6. The van der Waals surface area contributed by atoms with Crippen LogP contribution in [-0.2, 0) is 18.9 Å². The van der Waals surface area contributed by atoms with Crippen molar-refractivity contribution < 1.29 is 38.1 Å². The van der Waals surface area contributed by atoms with E-state index < -0.39 is 11.9 Å². The van der Waals surface area contributed by atoms with Crippen LogP contribution in [0.5, 0.6) is 0 Å². The van der Waals surface area contributed by atoms with Crippen molar-refractivity contribution in [3.05, 3.63) is 70.8 Å². The number of hydrogen-bond acceptors (Lipinski definition) is 8. The summed E-state index contributed by atoms with van der Waals surface area (Å²) in [5.41, 5.74) is 1.46. The van der Waals surface area contributed by atoms with Gasteiger partial charge in [-0.05, 0) is 62.1 Å². The average molecular weight is 440 g/mol. The highest BCUT2D eigenvalue weighted by molar-refractivity contribution is 6.03. The van der Waals surface area contributed by atoms with Gasteiger partial charge in [-0.15, -0.1) is 0 Å². The molecule has 8 heteroatoms. The van der Waals surface area contributed by atoms with Crippen LogP contribution in [0, 0.1) is 0 Å². The summed E-state index contributed by atoms with van der Waals surface area (Å²) < 4.78 is 20.2. The highest BCUT2D eigenvalue weighted by Crippen LogP contribution is 2.14. The van der Waals surface area contributed by atoms with Crippen molar-refractivity contribution >= 4 is 23.9 Å². The molecular formula is C24H24O8. The minimum Gasteiger partial charge on any atom is -0.462 e. The van der Waals surface area contributed by atoms with E-state index in [2.05, 4.69) is 0 Å². The van der Waals surface area contributed by atoms with Gasteiger partial charge in [0.25, 0.3) is 0 Å². The Morgan fingerprint density at radius 3 is 1.09 bits per heavy atom. The maximum atomic E-state index is 11.6. The lowest BCUT2D eigenvalue weighted by Crippen LogP contribution is -2.17. The summed E-state index contributed by atoms with van der Waals surface area (Å²) >= 11 is 0. The Morgan fingerprint density at radius 1 is 0.438 bits per heavy atom. The predicted molar refractivity (Wildman–Crippen MR) is 112 cm³/mol. The summed E-state index contributed by atoms with van der Waals surface area (Å²) in [6.07, 6.45) is 2.83. The van der Waals surface area contributed by atoms with E-state index in [1.807, 2.05) is 0 Å². The molecule has 3 aliphatic heterocycles. The van der Waals surface area contributed by atoms with E-state index in [1.165, 1.54) is 0 Å². The monoisotopic (exact) mass is 440 g/mol. The van der Waals surface area contributed by atoms with Gasteiger partial charge in [0.15, 0.2) is 0 Å². The Labute approximate surface area is 185 Å². The van der Waals surface area contributed by atoms with Gasteiger partial charge >= 0.3 is 23.9 Å². The van der Waals surface area contributed by atoms with E-state index in [-0.39, 0.29) is 23.1 Å². The molecule has 3 aliphatic rings. The van der Waals surface area contributed by atoms with Crippen molar-refractivity contribution in [2.45, 2.75) is 25.7 Å². The average Bonchev–Trinajstić information content (AvgIpc) is 2.82. The molecule has 3 heterocycles. The fourth-order valence-electron chi connectivity index (χ4n) is 2.97. The van der Waals surface area contributed by atoms with Gasteiger partial charge in [-0.1, -0.05) is 12.1 Å². The van der Waals surface area contributed by atoms with Crippen molar-refractivity contribution in [2.24, 2.45) is 0 Å². The van der Waals surface area contributed by atoms with Crippen molar-refractivity contribution in [3.8, 4) is 0 Å². The number of fused-ring (bicyclic) bond motifs is 10. The fraction of sp³-hybridized carbons (Fsp3) is 0.333. The van der Waals surface area contributed by atoms with Gasteiger partial charge in [-0.2, -0.15) is 0 Å². The zero-order chi connectivity index (χ0) is 22.8. The highest BCUT2D eigenvalue weighted by Gasteiger charge is 2.19. The number of benzene rings is 2. The molecular weight excluding hydrogens is 416 g/mol. The molecule has 2 aromatic carbocycles. The molecule has 32 heavy (non-hydrogen) atoms.